The van der Waals surface area contributed by atoms with Gasteiger partial charge in [-0.05, 0) is 24.4 Å². The van der Waals surface area contributed by atoms with E-state index in [1.807, 2.05) is 23.6 Å². The summed E-state index contributed by atoms with van der Waals surface area (Å²) in [5.41, 5.74) is 2.03. The van der Waals surface area contributed by atoms with Gasteiger partial charge in [-0.1, -0.05) is 36.4 Å². The fraction of sp³-hybridized carbons (Fsp3) is 0.118. The molecular weight excluding hydrogens is 282 g/mol. The fourth-order valence-corrected chi connectivity index (χ4v) is 3.25. The van der Waals surface area contributed by atoms with Gasteiger partial charge in [-0.2, -0.15) is 0 Å². The summed E-state index contributed by atoms with van der Waals surface area (Å²) in [6.07, 6.45) is 0. The second kappa shape index (κ2) is 5.58. The number of carboxylic acids is 1. The zero-order chi connectivity index (χ0) is 14.8. The van der Waals surface area contributed by atoms with Gasteiger partial charge in [-0.15, -0.1) is 11.3 Å². The van der Waals surface area contributed by atoms with Crippen LogP contribution in [0.3, 0.4) is 0 Å². The van der Waals surface area contributed by atoms with E-state index < -0.39 is 5.97 Å². The van der Waals surface area contributed by atoms with Crippen LogP contribution in [-0.2, 0) is 0 Å². The number of hydrogen-bond acceptors (Lipinski definition) is 3. The first-order chi connectivity index (χ1) is 10.2. The first kappa shape index (κ1) is 13.6. The molecule has 2 aromatic carbocycles. The quantitative estimate of drug-likeness (QED) is 0.755. The molecule has 1 aromatic heterocycles. The van der Waals surface area contributed by atoms with Gasteiger partial charge in [0, 0.05) is 23.0 Å². The molecule has 21 heavy (non-hydrogen) atoms. The first-order valence-corrected chi connectivity index (χ1v) is 7.66. The van der Waals surface area contributed by atoms with Crippen LogP contribution in [-0.4, -0.2) is 17.6 Å². The Bertz CT molecular complexity index is 789. The molecule has 1 heterocycles. The van der Waals surface area contributed by atoms with E-state index in [1.54, 1.807) is 6.07 Å². The van der Waals surface area contributed by atoms with Crippen LogP contribution in [0.4, 0.5) is 11.4 Å². The van der Waals surface area contributed by atoms with E-state index in [2.05, 4.69) is 36.1 Å². The predicted molar refractivity (Wildman–Crippen MR) is 87.9 cm³/mol. The summed E-state index contributed by atoms with van der Waals surface area (Å²) in [5.74, 6) is -0.875. The molecule has 1 N–H and O–H groups in total. The maximum atomic E-state index is 11.1. The molecule has 106 valence electrons. The number of anilines is 2. The highest BCUT2D eigenvalue weighted by Gasteiger charge is 2.14. The van der Waals surface area contributed by atoms with Gasteiger partial charge < -0.3 is 10.0 Å². The summed E-state index contributed by atoms with van der Waals surface area (Å²) in [5, 5.41) is 13.3. The average Bonchev–Trinajstić information content (AvgIpc) is 2.98. The molecule has 0 aliphatic heterocycles. The van der Waals surface area contributed by atoms with E-state index in [4.69, 9.17) is 5.11 Å². The molecule has 0 radical (unpaired) electrons. The molecule has 0 amide bonds. The molecule has 3 rings (SSSR count). The highest BCUT2D eigenvalue weighted by Crippen LogP contribution is 2.34. The number of hydrogen-bond donors (Lipinski definition) is 1. The number of thiophene rings is 1. The number of aromatic carboxylic acids is 1. The molecule has 0 aliphatic carbocycles. The lowest BCUT2D eigenvalue weighted by atomic mass is 10.1. The summed E-state index contributed by atoms with van der Waals surface area (Å²) in [6, 6.07) is 16.2. The van der Waals surface area contributed by atoms with Crippen molar-refractivity contribution in [3.05, 3.63) is 58.8 Å². The summed E-state index contributed by atoms with van der Waals surface area (Å²) in [4.78, 5) is 13.6. The van der Waals surface area contributed by atoms with E-state index in [0.29, 0.717) is 4.88 Å². The van der Waals surface area contributed by atoms with Crippen LogP contribution in [0.15, 0.2) is 53.9 Å². The van der Waals surface area contributed by atoms with E-state index in [-0.39, 0.29) is 0 Å². The van der Waals surface area contributed by atoms with E-state index >= 15 is 0 Å². The second-order valence-corrected chi connectivity index (χ2v) is 5.63. The van der Waals surface area contributed by atoms with Crippen molar-refractivity contribution in [1.82, 2.24) is 0 Å². The highest BCUT2D eigenvalue weighted by atomic mass is 32.1. The fourth-order valence-electron chi connectivity index (χ4n) is 2.52. The van der Waals surface area contributed by atoms with Crippen molar-refractivity contribution < 1.29 is 9.90 Å². The van der Waals surface area contributed by atoms with Crippen LogP contribution in [0, 0.1) is 0 Å². The minimum absolute atomic E-state index is 0.365. The van der Waals surface area contributed by atoms with Crippen LogP contribution in [0.5, 0.6) is 0 Å². The van der Waals surface area contributed by atoms with Crippen molar-refractivity contribution in [3.8, 4) is 0 Å². The third-order valence-corrected chi connectivity index (χ3v) is 4.39. The number of rotatable bonds is 4. The van der Waals surface area contributed by atoms with Gasteiger partial charge in [0.15, 0.2) is 0 Å². The Hall–Kier alpha value is -2.33. The predicted octanol–water partition coefficient (Wildman–Crippen LogP) is 4.76. The summed E-state index contributed by atoms with van der Waals surface area (Å²) in [7, 11) is 0. The molecule has 3 nitrogen and oxygen atoms in total. The molecule has 0 saturated carbocycles. The molecule has 0 fully saturated rings. The van der Waals surface area contributed by atoms with Crippen molar-refractivity contribution in [3.63, 3.8) is 0 Å². The SMILES string of the molecule is CCN(c1csc(C(=O)O)c1)c1cccc2ccccc12. The summed E-state index contributed by atoms with van der Waals surface area (Å²) < 4.78 is 0. The van der Waals surface area contributed by atoms with Gasteiger partial charge >= 0.3 is 5.97 Å². The normalized spacial score (nSPS) is 10.7. The average molecular weight is 297 g/mol. The monoisotopic (exact) mass is 297 g/mol. The minimum Gasteiger partial charge on any atom is -0.477 e. The molecule has 4 heteroatoms. The van der Waals surface area contributed by atoms with Crippen molar-refractivity contribution in [2.45, 2.75) is 6.92 Å². The number of carboxylic acid groups (broad SMARTS) is 1. The van der Waals surface area contributed by atoms with E-state index in [0.717, 1.165) is 17.9 Å². The van der Waals surface area contributed by atoms with Gasteiger partial charge in [0.25, 0.3) is 0 Å². The largest absolute Gasteiger partial charge is 0.477 e. The summed E-state index contributed by atoms with van der Waals surface area (Å²) >= 11 is 1.26. The Labute approximate surface area is 127 Å². The van der Waals surface area contributed by atoms with Crippen LogP contribution in [0.1, 0.15) is 16.6 Å². The van der Waals surface area contributed by atoms with Crippen molar-refractivity contribution in [2.75, 3.05) is 11.4 Å². The highest BCUT2D eigenvalue weighted by molar-refractivity contribution is 7.12. The molecule has 3 aromatic rings. The third-order valence-electron chi connectivity index (χ3n) is 3.48. The zero-order valence-corrected chi connectivity index (χ0v) is 12.4. The smallest absolute Gasteiger partial charge is 0.345 e. The van der Waals surface area contributed by atoms with Gasteiger partial charge in [0.05, 0.1) is 5.69 Å². The molecule has 0 spiro atoms. The van der Waals surface area contributed by atoms with Crippen molar-refractivity contribution in [1.29, 1.82) is 0 Å². The van der Waals surface area contributed by atoms with Crippen molar-refractivity contribution in [2.24, 2.45) is 0 Å². The van der Waals surface area contributed by atoms with Gasteiger partial charge in [-0.25, -0.2) is 4.79 Å². The van der Waals surface area contributed by atoms with E-state index in [1.165, 1.54) is 22.1 Å². The number of fused-ring (bicyclic) bond motifs is 1. The topological polar surface area (TPSA) is 40.5 Å². The van der Waals surface area contributed by atoms with Gasteiger partial charge in [0.2, 0.25) is 0 Å². The van der Waals surface area contributed by atoms with Gasteiger partial charge in [0.1, 0.15) is 4.88 Å². The van der Waals surface area contributed by atoms with Crippen LogP contribution in [0.25, 0.3) is 10.8 Å². The number of carbonyl (C=O) groups is 1. The molecule has 0 unspecified atom stereocenters. The Morgan fingerprint density at radius 2 is 1.95 bits per heavy atom. The third kappa shape index (κ3) is 2.50. The lowest BCUT2D eigenvalue weighted by Gasteiger charge is -2.23. The lowest BCUT2D eigenvalue weighted by Crippen LogP contribution is -2.15. The maximum Gasteiger partial charge on any atom is 0.345 e. The summed E-state index contributed by atoms with van der Waals surface area (Å²) in [6.45, 7) is 2.85. The zero-order valence-electron chi connectivity index (χ0n) is 11.6. The minimum atomic E-state index is -0.875. The Morgan fingerprint density at radius 1 is 1.19 bits per heavy atom. The molecule has 0 aliphatic rings. The van der Waals surface area contributed by atoms with E-state index in [9.17, 15) is 4.79 Å². The lowest BCUT2D eigenvalue weighted by molar-refractivity contribution is 0.0702. The first-order valence-electron chi connectivity index (χ1n) is 6.78. The Kier molecular flexibility index (Phi) is 3.62. The Balaban J connectivity index is 2.11. The van der Waals surface area contributed by atoms with Gasteiger partial charge in [-0.3, -0.25) is 0 Å². The van der Waals surface area contributed by atoms with Crippen LogP contribution < -0.4 is 4.90 Å². The Morgan fingerprint density at radius 3 is 2.67 bits per heavy atom. The maximum absolute atomic E-state index is 11.1. The standard InChI is InChI=1S/C17H15NO2S/c1-2-18(13-10-16(17(19)20)21-11-13)15-9-5-7-12-6-3-4-8-14(12)15/h3-11H,2H2,1H3,(H,19,20). The number of nitrogens with zero attached hydrogens (tertiary/aromatic N) is 1. The van der Waals surface area contributed by atoms with Crippen molar-refractivity contribution >= 4 is 39.5 Å². The molecule has 0 saturated heterocycles. The molecule has 0 atom stereocenters. The molecular formula is C17H15NO2S. The second-order valence-electron chi connectivity index (χ2n) is 4.72. The number of benzene rings is 2. The molecule has 0 bridgehead atoms. The van der Waals surface area contributed by atoms with Crippen LogP contribution >= 0.6 is 11.3 Å². The van der Waals surface area contributed by atoms with Crippen LogP contribution in [0.2, 0.25) is 0 Å².